The summed E-state index contributed by atoms with van der Waals surface area (Å²) in [5, 5.41) is 0. The normalized spacial score (nSPS) is 20.0. The van der Waals surface area contributed by atoms with Crippen molar-refractivity contribution >= 4 is 15.1 Å². The molecule has 0 aromatic heterocycles. The van der Waals surface area contributed by atoms with Crippen molar-refractivity contribution in [1.82, 2.24) is 0 Å². The van der Waals surface area contributed by atoms with Gasteiger partial charge in [0.25, 0.3) is 0 Å². The summed E-state index contributed by atoms with van der Waals surface area (Å²) in [5.41, 5.74) is 0. The predicted octanol–water partition coefficient (Wildman–Crippen LogP) is 5.63. The molecule has 0 rings (SSSR count). The molecule has 2 unspecified atom stereocenters. The van der Waals surface area contributed by atoms with Crippen LogP contribution in [0.3, 0.4) is 0 Å². The Morgan fingerprint density at radius 1 is 0.889 bits per heavy atom. The first kappa shape index (κ1) is 20.7. The Labute approximate surface area is 104 Å². The van der Waals surface area contributed by atoms with Gasteiger partial charge in [0.2, 0.25) is 0 Å². The standard InChI is InChI=1S/C8H20O2P.F6P/c1-7(9-3)10-8(2)11(4,5)6;1-7(2,3,4,5)6/h7-8H,1-6H3;/q+1;-1. The van der Waals surface area contributed by atoms with Crippen molar-refractivity contribution < 1.29 is 34.7 Å². The van der Waals surface area contributed by atoms with Crippen molar-refractivity contribution in [3.8, 4) is 0 Å². The van der Waals surface area contributed by atoms with E-state index in [0.717, 1.165) is 0 Å². The van der Waals surface area contributed by atoms with E-state index in [4.69, 9.17) is 9.47 Å². The molecular weight excluding hydrogens is 304 g/mol. The van der Waals surface area contributed by atoms with Crippen molar-refractivity contribution in [1.29, 1.82) is 0 Å². The number of rotatable bonds is 4. The van der Waals surface area contributed by atoms with Crippen LogP contribution in [0.25, 0.3) is 0 Å². The molecule has 0 fully saturated rings. The van der Waals surface area contributed by atoms with Crippen molar-refractivity contribution in [2.75, 3.05) is 27.1 Å². The van der Waals surface area contributed by atoms with Crippen LogP contribution in [0, 0.1) is 0 Å². The number of methoxy groups -OCH3 is 1. The zero-order valence-electron chi connectivity index (χ0n) is 11.1. The van der Waals surface area contributed by atoms with Gasteiger partial charge in [-0.25, -0.2) is 0 Å². The van der Waals surface area contributed by atoms with Gasteiger partial charge in [0.05, 0.1) is 20.0 Å². The van der Waals surface area contributed by atoms with E-state index >= 15 is 0 Å². The summed E-state index contributed by atoms with van der Waals surface area (Å²) in [5.74, 6) is 0.331. The molecule has 0 saturated heterocycles. The summed E-state index contributed by atoms with van der Waals surface area (Å²) in [6, 6.07) is 0. The second-order valence-electron chi connectivity index (χ2n) is 4.61. The minimum atomic E-state index is -10.7. The first-order chi connectivity index (χ1) is 7.32. The molecule has 116 valence electrons. The Morgan fingerprint density at radius 3 is 1.33 bits per heavy atom. The molecule has 0 aliphatic rings. The summed E-state index contributed by atoms with van der Waals surface area (Å²) in [6.45, 7) is 10.8. The fraction of sp³-hybridized carbons (Fsp3) is 1.00. The second kappa shape index (κ2) is 5.39. The quantitative estimate of drug-likeness (QED) is 0.379. The van der Waals surface area contributed by atoms with Crippen LogP contribution in [0.5, 0.6) is 0 Å². The van der Waals surface area contributed by atoms with E-state index in [0.29, 0.717) is 5.85 Å². The molecule has 0 aromatic carbocycles. The van der Waals surface area contributed by atoms with Crippen LogP contribution in [0.1, 0.15) is 13.8 Å². The molecule has 0 heterocycles. The minimum absolute atomic E-state index is 0.0794. The molecule has 0 aliphatic heterocycles. The van der Waals surface area contributed by atoms with Crippen molar-refractivity contribution in [3.05, 3.63) is 0 Å². The van der Waals surface area contributed by atoms with Gasteiger partial charge >= 0.3 is 33.0 Å². The summed E-state index contributed by atoms with van der Waals surface area (Å²) in [7, 11) is -9.87. The van der Waals surface area contributed by atoms with Gasteiger partial charge < -0.3 is 9.47 Å². The van der Waals surface area contributed by atoms with E-state index < -0.39 is 15.1 Å². The Hall–Kier alpha value is 0.360. The first-order valence-electron chi connectivity index (χ1n) is 4.88. The molecule has 0 aromatic rings. The Morgan fingerprint density at radius 2 is 1.17 bits per heavy atom. The fourth-order valence-electron chi connectivity index (χ4n) is 0.515. The fourth-order valence-corrected chi connectivity index (χ4v) is 1.05. The summed E-state index contributed by atoms with van der Waals surface area (Å²) in [6.07, 6.45) is -0.0794. The molecule has 18 heavy (non-hydrogen) atoms. The van der Waals surface area contributed by atoms with Crippen LogP contribution < -0.4 is 0 Å². The van der Waals surface area contributed by atoms with Crippen molar-refractivity contribution in [3.63, 3.8) is 0 Å². The molecule has 0 N–H and O–H groups in total. The number of hydrogen-bond acceptors (Lipinski definition) is 2. The van der Waals surface area contributed by atoms with Crippen molar-refractivity contribution in [2.45, 2.75) is 26.0 Å². The topological polar surface area (TPSA) is 18.5 Å². The summed E-state index contributed by atoms with van der Waals surface area (Å²) < 4.78 is 69.8. The monoisotopic (exact) mass is 324 g/mol. The maximum absolute atomic E-state index is 10.7. The van der Waals surface area contributed by atoms with Crippen LogP contribution in [-0.4, -0.2) is 39.2 Å². The molecular formula is C8H20F6O2P2. The van der Waals surface area contributed by atoms with E-state index in [2.05, 4.69) is 26.9 Å². The number of hydrogen-bond donors (Lipinski definition) is 0. The average molecular weight is 324 g/mol. The van der Waals surface area contributed by atoms with Crippen LogP contribution in [0.15, 0.2) is 0 Å². The van der Waals surface area contributed by atoms with E-state index in [9.17, 15) is 25.2 Å². The van der Waals surface area contributed by atoms with E-state index in [1.54, 1.807) is 7.11 Å². The average Bonchev–Trinajstić information content (AvgIpc) is 1.96. The number of halogens is 6. The molecule has 0 bridgehead atoms. The molecule has 2 atom stereocenters. The Balaban J connectivity index is 0. The van der Waals surface area contributed by atoms with Crippen LogP contribution in [0.4, 0.5) is 25.2 Å². The van der Waals surface area contributed by atoms with Crippen molar-refractivity contribution in [2.24, 2.45) is 0 Å². The van der Waals surface area contributed by atoms with Gasteiger partial charge in [0, 0.05) is 14.4 Å². The summed E-state index contributed by atoms with van der Waals surface area (Å²) in [4.78, 5) is 0. The Kier molecular flexibility index (Phi) is 6.19. The zero-order chi connectivity index (χ0) is 15.5. The van der Waals surface area contributed by atoms with E-state index in [-0.39, 0.29) is 6.29 Å². The third-order valence-corrected chi connectivity index (χ3v) is 4.11. The van der Waals surface area contributed by atoms with Gasteiger partial charge in [0.1, 0.15) is 0 Å². The summed E-state index contributed by atoms with van der Waals surface area (Å²) >= 11 is 0. The molecule has 0 radical (unpaired) electrons. The maximum atomic E-state index is 9.87. The van der Waals surface area contributed by atoms with E-state index in [1.807, 2.05) is 6.92 Å². The van der Waals surface area contributed by atoms with Gasteiger partial charge in [-0.3, -0.25) is 0 Å². The van der Waals surface area contributed by atoms with Gasteiger partial charge in [-0.05, 0) is 13.8 Å². The first-order valence-corrected chi connectivity index (χ1v) is 10.1. The number of ether oxygens (including phenoxy) is 2. The molecule has 0 saturated carbocycles. The predicted molar refractivity (Wildman–Crippen MR) is 65.3 cm³/mol. The molecule has 2 nitrogen and oxygen atoms in total. The van der Waals surface area contributed by atoms with Gasteiger partial charge in [-0.15, -0.1) is 0 Å². The van der Waals surface area contributed by atoms with Crippen LogP contribution in [-0.2, 0) is 9.47 Å². The SMILES string of the molecule is COC(C)OC(C)[P+](C)(C)C.F[P-](F)(F)(F)(F)F. The van der Waals surface area contributed by atoms with Gasteiger partial charge in [0.15, 0.2) is 12.1 Å². The zero-order valence-corrected chi connectivity index (χ0v) is 12.9. The van der Waals surface area contributed by atoms with Crippen LogP contribution >= 0.6 is 15.1 Å². The second-order valence-corrected chi connectivity index (χ2v) is 11.5. The molecule has 10 heteroatoms. The molecule has 0 spiro atoms. The van der Waals surface area contributed by atoms with Crippen LogP contribution in [0.2, 0.25) is 0 Å². The third kappa shape index (κ3) is 25.3. The van der Waals surface area contributed by atoms with Gasteiger partial charge in [-0.2, -0.15) is 0 Å². The molecule has 0 amide bonds. The van der Waals surface area contributed by atoms with E-state index in [1.165, 1.54) is 0 Å². The third-order valence-electron chi connectivity index (χ3n) is 1.81. The van der Waals surface area contributed by atoms with Gasteiger partial charge in [-0.1, -0.05) is 0 Å². The molecule has 0 aliphatic carbocycles. The Bertz CT molecular complexity index is 245.